The van der Waals surface area contributed by atoms with Crippen LogP contribution in [-0.2, 0) is 25.4 Å². The Labute approximate surface area is 158 Å². The molecule has 3 aliphatic rings. The van der Waals surface area contributed by atoms with E-state index in [-0.39, 0.29) is 24.1 Å². The fourth-order valence-electron chi connectivity index (χ4n) is 4.06. The van der Waals surface area contributed by atoms with Crippen LogP contribution in [0, 0.1) is 5.92 Å². The number of hydrogen-bond acceptors (Lipinski definition) is 6. The summed E-state index contributed by atoms with van der Waals surface area (Å²) >= 11 is 0. The predicted molar refractivity (Wildman–Crippen MR) is 96.1 cm³/mol. The van der Waals surface area contributed by atoms with Crippen molar-refractivity contribution < 1.29 is 28.2 Å². The quantitative estimate of drug-likeness (QED) is 0.448. The van der Waals surface area contributed by atoms with Gasteiger partial charge >= 0.3 is 11.9 Å². The molecular weight excluding hydrogens is 348 g/mol. The lowest BCUT2D eigenvalue weighted by Crippen LogP contribution is -2.18. The molecule has 0 radical (unpaired) electrons. The number of methoxy groups -OCH3 is 1. The molecule has 1 aromatic heterocycles. The maximum atomic E-state index is 12.2. The molecule has 6 heteroatoms. The number of esters is 2. The zero-order valence-electron chi connectivity index (χ0n) is 15.9. The third-order valence-corrected chi connectivity index (χ3v) is 5.78. The summed E-state index contributed by atoms with van der Waals surface area (Å²) in [6.45, 7) is 8.00. The molecule has 0 unspecified atom stereocenters. The first-order chi connectivity index (χ1) is 12.8. The van der Waals surface area contributed by atoms with E-state index in [1.165, 1.54) is 7.11 Å². The lowest BCUT2D eigenvalue weighted by Gasteiger charge is -2.16. The van der Waals surface area contributed by atoms with Crippen LogP contribution in [0.5, 0.6) is 0 Å². The highest BCUT2D eigenvalue weighted by molar-refractivity contribution is 5.91. The Balaban J connectivity index is 1.72. The van der Waals surface area contributed by atoms with Crippen LogP contribution in [0.15, 0.2) is 34.3 Å². The zero-order valence-corrected chi connectivity index (χ0v) is 15.9. The van der Waals surface area contributed by atoms with Gasteiger partial charge in [0.2, 0.25) is 0 Å². The smallest absolute Gasteiger partial charge is 0.341 e. The molecule has 1 saturated heterocycles. The van der Waals surface area contributed by atoms with E-state index in [1.54, 1.807) is 6.07 Å². The number of epoxide rings is 1. The number of fused-ring (bicyclic) bond motifs is 5. The summed E-state index contributed by atoms with van der Waals surface area (Å²) in [7, 11) is 1.36. The van der Waals surface area contributed by atoms with Crippen LogP contribution in [0.25, 0.3) is 0 Å². The zero-order chi connectivity index (χ0) is 19.3. The molecule has 0 saturated carbocycles. The van der Waals surface area contributed by atoms with Crippen molar-refractivity contribution in [1.82, 2.24) is 0 Å². The van der Waals surface area contributed by atoms with Gasteiger partial charge in [-0.3, -0.25) is 0 Å². The SMILES string of the molecule is C=C(C)[C@@H]1CCC2=C[C@H](C[C@@]3(C)O[C@@H]3c3cc(C(=O)OC)c(o3)C1)OC2=O. The van der Waals surface area contributed by atoms with Gasteiger partial charge in [-0.1, -0.05) is 12.2 Å². The first kappa shape index (κ1) is 18.0. The minimum absolute atomic E-state index is 0.0763. The summed E-state index contributed by atoms with van der Waals surface area (Å²) in [5.74, 6) is 0.611. The molecule has 0 aliphatic carbocycles. The van der Waals surface area contributed by atoms with Gasteiger partial charge in [-0.05, 0) is 44.7 Å². The molecule has 144 valence electrons. The Bertz CT molecular complexity index is 847. The van der Waals surface area contributed by atoms with Crippen LogP contribution in [0.2, 0.25) is 0 Å². The number of hydrogen-bond donors (Lipinski definition) is 0. The lowest BCUT2D eigenvalue weighted by molar-refractivity contribution is -0.140. The van der Waals surface area contributed by atoms with Gasteiger partial charge in [0.25, 0.3) is 0 Å². The fourth-order valence-corrected chi connectivity index (χ4v) is 4.06. The topological polar surface area (TPSA) is 78.3 Å². The Hall–Kier alpha value is -2.34. The second-order valence-electron chi connectivity index (χ2n) is 7.91. The Morgan fingerprint density at radius 2 is 2.19 bits per heavy atom. The highest BCUT2D eigenvalue weighted by Gasteiger charge is 2.57. The lowest BCUT2D eigenvalue weighted by atomic mass is 9.89. The summed E-state index contributed by atoms with van der Waals surface area (Å²) in [4.78, 5) is 24.4. The molecular formula is C21H24O6. The molecule has 0 spiro atoms. The molecule has 0 aromatic carbocycles. The molecule has 0 N–H and O–H groups in total. The number of ether oxygens (including phenoxy) is 3. The van der Waals surface area contributed by atoms with Crippen LogP contribution in [0.4, 0.5) is 0 Å². The van der Waals surface area contributed by atoms with Gasteiger partial charge in [0.1, 0.15) is 34.9 Å². The first-order valence-electron chi connectivity index (χ1n) is 9.26. The van der Waals surface area contributed by atoms with Crippen molar-refractivity contribution in [1.29, 1.82) is 0 Å². The normalized spacial score (nSPS) is 32.2. The largest absolute Gasteiger partial charge is 0.465 e. The summed E-state index contributed by atoms with van der Waals surface area (Å²) in [5.41, 5.74) is 1.64. The third kappa shape index (κ3) is 3.23. The van der Waals surface area contributed by atoms with Gasteiger partial charge in [0, 0.05) is 18.4 Å². The van der Waals surface area contributed by atoms with Crippen LogP contribution < -0.4 is 0 Å². The van der Waals surface area contributed by atoms with Crippen molar-refractivity contribution >= 4 is 11.9 Å². The summed E-state index contributed by atoms with van der Waals surface area (Å²) < 4.78 is 22.4. The highest BCUT2D eigenvalue weighted by atomic mass is 16.6. The van der Waals surface area contributed by atoms with Crippen LogP contribution in [-0.4, -0.2) is 30.8 Å². The van der Waals surface area contributed by atoms with Gasteiger partial charge in [-0.25, -0.2) is 9.59 Å². The van der Waals surface area contributed by atoms with E-state index < -0.39 is 11.6 Å². The van der Waals surface area contributed by atoms with Crippen LogP contribution in [0.1, 0.15) is 61.1 Å². The Kier molecular flexibility index (Phi) is 4.26. The Morgan fingerprint density at radius 3 is 2.89 bits per heavy atom. The van der Waals surface area contributed by atoms with Crippen molar-refractivity contribution in [2.75, 3.05) is 7.11 Å². The van der Waals surface area contributed by atoms with E-state index >= 15 is 0 Å². The van der Waals surface area contributed by atoms with E-state index in [9.17, 15) is 9.59 Å². The Morgan fingerprint density at radius 1 is 1.41 bits per heavy atom. The van der Waals surface area contributed by atoms with E-state index in [1.807, 2.05) is 19.9 Å². The van der Waals surface area contributed by atoms with Crippen LogP contribution >= 0.6 is 0 Å². The first-order valence-corrected chi connectivity index (χ1v) is 9.26. The monoisotopic (exact) mass is 372 g/mol. The van der Waals surface area contributed by atoms with E-state index in [4.69, 9.17) is 18.6 Å². The molecule has 6 nitrogen and oxygen atoms in total. The molecule has 1 aromatic rings. The highest BCUT2D eigenvalue weighted by Crippen LogP contribution is 2.54. The second-order valence-corrected chi connectivity index (χ2v) is 7.91. The van der Waals surface area contributed by atoms with Crippen molar-refractivity contribution in [3.8, 4) is 0 Å². The number of allylic oxidation sites excluding steroid dienone is 1. The van der Waals surface area contributed by atoms with E-state index in [2.05, 4.69) is 6.58 Å². The van der Waals surface area contributed by atoms with Crippen LogP contribution in [0.3, 0.4) is 0 Å². The minimum Gasteiger partial charge on any atom is -0.465 e. The minimum atomic E-state index is -0.485. The molecule has 27 heavy (non-hydrogen) atoms. The average Bonchev–Trinajstić information content (AvgIpc) is 2.94. The molecule has 4 heterocycles. The summed E-state index contributed by atoms with van der Waals surface area (Å²) in [6.07, 6.45) is 3.78. The van der Waals surface area contributed by atoms with Crippen molar-refractivity contribution in [2.24, 2.45) is 5.92 Å². The van der Waals surface area contributed by atoms with Crippen molar-refractivity contribution in [3.63, 3.8) is 0 Å². The fraction of sp³-hybridized carbons (Fsp3) is 0.524. The second kappa shape index (κ2) is 6.37. The van der Waals surface area contributed by atoms with Crippen molar-refractivity contribution in [3.05, 3.63) is 47.0 Å². The molecule has 4 rings (SSSR count). The maximum Gasteiger partial charge on any atom is 0.341 e. The number of carbonyl (C=O) groups is 2. The molecule has 0 amide bonds. The number of furan rings is 1. The number of rotatable bonds is 2. The van der Waals surface area contributed by atoms with Gasteiger partial charge < -0.3 is 18.6 Å². The average molecular weight is 372 g/mol. The maximum absolute atomic E-state index is 12.2. The molecule has 4 atom stereocenters. The summed E-state index contributed by atoms with van der Waals surface area (Å²) in [5, 5.41) is 0. The standard InChI is InChI=1S/C21H24O6/c1-11(2)12-5-6-13-7-14(25-19(13)22)10-21(3)18(27-21)17-9-15(20(23)24-4)16(8-12)26-17/h7,9,12,14,18H,1,5-6,8,10H2,2-4H3/t12-,14-,18-,21-/m1/s1. The van der Waals surface area contributed by atoms with E-state index in [0.29, 0.717) is 41.9 Å². The molecule has 1 fully saturated rings. The van der Waals surface area contributed by atoms with Crippen molar-refractivity contribution in [2.45, 2.75) is 57.3 Å². The van der Waals surface area contributed by atoms with Gasteiger partial charge in [0.05, 0.1) is 7.11 Å². The van der Waals surface area contributed by atoms with Gasteiger partial charge in [0.15, 0.2) is 0 Å². The van der Waals surface area contributed by atoms with Gasteiger partial charge in [-0.2, -0.15) is 0 Å². The number of carbonyl (C=O) groups excluding carboxylic acids is 2. The summed E-state index contributed by atoms with van der Waals surface area (Å²) in [6, 6.07) is 1.72. The van der Waals surface area contributed by atoms with E-state index in [0.717, 1.165) is 12.0 Å². The van der Waals surface area contributed by atoms with Gasteiger partial charge in [-0.15, -0.1) is 0 Å². The molecule has 3 aliphatic heterocycles. The third-order valence-electron chi connectivity index (χ3n) is 5.78. The molecule has 4 bridgehead atoms. The predicted octanol–water partition coefficient (Wildman–Crippen LogP) is 3.67.